The maximum Gasteiger partial charge on any atom is 0.410 e. The molecule has 21 heavy (non-hydrogen) atoms. The molecule has 2 aliphatic heterocycles. The number of amides is 2. The van der Waals surface area contributed by atoms with E-state index in [0.717, 1.165) is 12.8 Å². The van der Waals surface area contributed by atoms with Gasteiger partial charge in [-0.2, -0.15) is 0 Å². The molecule has 0 aromatic carbocycles. The van der Waals surface area contributed by atoms with E-state index in [9.17, 15) is 14.0 Å². The Labute approximate surface area is 125 Å². The molecule has 1 atom stereocenters. The topological polar surface area (TPSA) is 49.9 Å². The summed E-state index contributed by atoms with van der Waals surface area (Å²) in [7, 11) is 0. The van der Waals surface area contributed by atoms with Gasteiger partial charge < -0.3 is 14.5 Å². The molecule has 5 nitrogen and oxygen atoms in total. The molecule has 0 aromatic rings. The molecular weight excluding hydrogens is 275 g/mol. The molecule has 120 valence electrons. The maximum atomic E-state index is 12.4. The fraction of sp³-hybridized carbons (Fsp3) is 0.867. The summed E-state index contributed by atoms with van der Waals surface area (Å²) in [4.78, 5) is 27.7. The van der Waals surface area contributed by atoms with Gasteiger partial charge in [-0.25, -0.2) is 4.79 Å². The Morgan fingerprint density at radius 3 is 2.43 bits per heavy atom. The third kappa shape index (κ3) is 4.08. The first kappa shape index (κ1) is 16.0. The Morgan fingerprint density at radius 1 is 1.19 bits per heavy atom. The number of carbonyl (C=O) groups excluding carboxylic acids is 2. The SMILES string of the molecule is CC(C)(C)OC(=O)N1CCC[C@@H](C(=O)N2CC(CF)C2)C1. The molecular formula is C15H25FN2O3. The highest BCUT2D eigenvalue weighted by atomic mass is 19.1. The Kier molecular flexibility index (Phi) is 4.74. The lowest BCUT2D eigenvalue weighted by Crippen LogP contribution is -2.55. The van der Waals surface area contributed by atoms with Gasteiger partial charge in [-0.3, -0.25) is 9.18 Å². The second-order valence-corrected chi connectivity index (χ2v) is 7.03. The molecule has 2 fully saturated rings. The van der Waals surface area contributed by atoms with Gasteiger partial charge in [-0.15, -0.1) is 0 Å². The van der Waals surface area contributed by atoms with E-state index >= 15 is 0 Å². The van der Waals surface area contributed by atoms with Crippen LogP contribution in [0, 0.1) is 11.8 Å². The van der Waals surface area contributed by atoms with Crippen molar-refractivity contribution in [3.63, 3.8) is 0 Å². The number of carbonyl (C=O) groups is 2. The zero-order valence-electron chi connectivity index (χ0n) is 13.1. The lowest BCUT2D eigenvalue weighted by Gasteiger charge is -2.42. The number of piperidine rings is 1. The van der Waals surface area contributed by atoms with Crippen LogP contribution in [0.2, 0.25) is 0 Å². The van der Waals surface area contributed by atoms with Crippen molar-refractivity contribution in [3.8, 4) is 0 Å². The third-order valence-corrected chi connectivity index (χ3v) is 3.91. The molecule has 0 saturated carbocycles. The van der Waals surface area contributed by atoms with Crippen LogP contribution in [0.4, 0.5) is 9.18 Å². The van der Waals surface area contributed by atoms with Crippen LogP contribution in [0.15, 0.2) is 0 Å². The Hall–Kier alpha value is -1.33. The minimum atomic E-state index is -0.528. The van der Waals surface area contributed by atoms with Gasteiger partial charge in [0, 0.05) is 32.1 Å². The van der Waals surface area contributed by atoms with E-state index in [1.807, 2.05) is 20.8 Å². The molecule has 2 aliphatic rings. The van der Waals surface area contributed by atoms with Gasteiger partial charge in [-0.05, 0) is 33.6 Å². The van der Waals surface area contributed by atoms with Gasteiger partial charge >= 0.3 is 6.09 Å². The van der Waals surface area contributed by atoms with Crippen LogP contribution in [-0.2, 0) is 9.53 Å². The summed E-state index contributed by atoms with van der Waals surface area (Å²) in [5.41, 5.74) is -0.528. The standard InChI is InChI=1S/C15H25FN2O3/c1-15(2,3)21-14(20)17-6-4-5-12(10-17)13(19)18-8-11(7-16)9-18/h11-12H,4-10H2,1-3H3/t12-/m1/s1. The number of halogens is 1. The van der Waals surface area contributed by atoms with Crippen molar-refractivity contribution in [2.75, 3.05) is 32.9 Å². The van der Waals surface area contributed by atoms with E-state index in [2.05, 4.69) is 0 Å². The summed E-state index contributed by atoms with van der Waals surface area (Å²) in [5.74, 6) is -0.126. The minimum absolute atomic E-state index is 0.000463. The monoisotopic (exact) mass is 300 g/mol. The fourth-order valence-electron chi connectivity index (χ4n) is 2.78. The van der Waals surface area contributed by atoms with Crippen molar-refractivity contribution in [2.24, 2.45) is 11.8 Å². The van der Waals surface area contributed by atoms with Crippen molar-refractivity contribution in [3.05, 3.63) is 0 Å². The number of hydrogen-bond donors (Lipinski definition) is 0. The molecule has 0 N–H and O–H groups in total. The average molecular weight is 300 g/mol. The van der Waals surface area contributed by atoms with Crippen molar-refractivity contribution in [1.82, 2.24) is 9.80 Å². The van der Waals surface area contributed by atoms with Crippen LogP contribution in [0.1, 0.15) is 33.6 Å². The van der Waals surface area contributed by atoms with E-state index in [-0.39, 0.29) is 30.5 Å². The van der Waals surface area contributed by atoms with Crippen molar-refractivity contribution < 1.29 is 18.7 Å². The number of ether oxygens (including phenoxy) is 1. The Morgan fingerprint density at radius 2 is 1.86 bits per heavy atom. The summed E-state index contributed by atoms with van der Waals surface area (Å²) in [5, 5.41) is 0. The molecule has 2 heterocycles. The largest absolute Gasteiger partial charge is 0.444 e. The van der Waals surface area contributed by atoms with E-state index in [1.165, 1.54) is 0 Å². The molecule has 0 spiro atoms. The number of nitrogens with zero attached hydrogens (tertiary/aromatic N) is 2. The molecule has 0 aliphatic carbocycles. The summed E-state index contributed by atoms with van der Waals surface area (Å²) in [6, 6.07) is 0. The quantitative estimate of drug-likeness (QED) is 0.784. The van der Waals surface area contributed by atoms with Gasteiger partial charge in [0.15, 0.2) is 0 Å². The second kappa shape index (κ2) is 6.20. The highest BCUT2D eigenvalue weighted by Crippen LogP contribution is 2.25. The lowest BCUT2D eigenvalue weighted by molar-refractivity contribution is -0.144. The van der Waals surface area contributed by atoms with Gasteiger partial charge in [0.1, 0.15) is 5.60 Å². The lowest BCUT2D eigenvalue weighted by atomic mass is 9.93. The van der Waals surface area contributed by atoms with Gasteiger partial charge in [0.05, 0.1) is 12.6 Å². The molecule has 2 amide bonds. The molecule has 2 saturated heterocycles. The molecule has 2 rings (SSSR count). The fourth-order valence-corrected chi connectivity index (χ4v) is 2.78. The number of hydrogen-bond acceptors (Lipinski definition) is 3. The van der Waals surface area contributed by atoms with Crippen LogP contribution in [0.25, 0.3) is 0 Å². The predicted molar refractivity (Wildman–Crippen MR) is 76.6 cm³/mol. The number of alkyl halides is 1. The third-order valence-electron chi connectivity index (χ3n) is 3.91. The molecule has 0 aromatic heterocycles. The summed E-state index contributed by atoms with van der Waals surface area (Å²) < 4.78 is 17.8. The van der Waals surface area contributed by atoms with Crippen LogP contribution in [0.5, 0.6) is 0 Å². The van der Waals surface area contributed by atoms with Gasteiger partial charge in [0.25, 0.3) is 0 Å². The van der Waals surface area contributed by atoms with Crippen LogP contribution in [0.3, 0.4) is 0 Å². The van der Waals surface area contributed by atoms with Crippen molar-refractivity contribution >= 4 is 12.0 Å². The Bertz CT molecular complexity index is 402. The highest BCUT2D eigenvalue weighted by molar-refractivity contribution is 5.81. The van der Waals surface area contributed by atoms with E-state index in [4.69, 9.17) is 4.74 Å². The summed E-state index contributed by atoms with van der Waals surface area (Å²) in [6.45, 7) is 7.18. The first-order valence-corrected chi connectivity index (χ1v) is 7.63. The smallest absolute Gasteiger partial charge is 0.410 e. The molecule has 0 bridgehead atoms. The second-order valence-electron chi connectivity index (χ2n) is 7.03. The predicted octanol–water partition coefficient (Wildman–Crippen LogP) is 2.06. The Balaban J connectivity index is 1.86. The minimum Gasteiger partial charge on any atom is -0.444 e. The molecule has 0 radical (unpaired) electrons. The van der Waals surface area contributed by atoms with Crippen molar-refractivity contribution in [1.29, 1.82) is 0 Å². The summed E-state index contributed by atoms with van der Waals surface area (Å²) in [6.07, 6.45) is 1.23. The number of rotatable bonds is 2. The highest BCUT2D eigenvalue weighted by Gasteiger charge is 2.37. The summed E-state index contributed by atoms with van der Waals surface area (Å²) >= 11 is 0. The van der Waals surface area contributed by atoms with Crippen LogP contribution < -0.4 is 0 Å². The van der Waals surface area contributed by atoms with E-state index in [1.54, 1.807) is 9.80 Å². The maximum absolute atomic E-state index is 12.4. The zero-order valence-corrected chi connectivity index (χ0v) is 13.1. The zero-order chi connectivity index (χ0) is 15.6. The van der Waals surface area contributed by atoms with Crippen LogP contribution in [-0.4, -0.2) is 60.3 Å². The van der Waals surface area contributed by atoms with Gasteiger partial charge in [0.2, 0.25) is 5.91 Å². The molecule has 0 unspecified atom stereocenters. The average Bonchev–Trinajstić information content (AvgIpc) is 2.35. The van der Waals surface area contributed by atoms with Crippen molar-refractivity contribution in [2.45, 2.75) is 39.2 Å². The van der Waals surface area contributed by atoms with E-state index in [0.29, 0.717) is 26.2 Å². The first-order chi connectivity index (χ1) is 9.80. The van der Waals surface area contributed by atoms with Crippen LogP contribution >= 0.6 is 0 Å². The number of likely N-dealkylation sites (tertiary alicyclic amines) is 2. The normalized spacial score (nSPS) is 23.7. The molecule has 6 heteroatoms. The van der Waals surface area contributed by atoms with Gasteiger partial charge in [-0.1, -0.05) is 0 Å². The van der Waals surface area contributed by atoms with E-state index < -0.39 is 5.60 Å². The first-order valence-electron chi connectivity index (χ1n) is 7.63.